The molecule has 19 heavy (non-hydrogen) atoms. The lowest BCUT2D eigenvalue weighted by molar-refractivity contribution is 0.0887. The Hall–Kier alpha value is -2.14. The van der Waals surface area contributed by atoms with Gasteiger partial charge in [-0.2, -0.15) is 0 Å². The van der Waals surface area contributed by atoms with Gasteiger partial charge in [-0.15, -0.1) is 0 Å². The smallest absolute Gasteiger partial charge is 0.289 e. The predicted octanol–water partition coefficient (Wildman–Crippen LogP) is 1.32. The topological polar surface area (TPSA) is 75.4 Å². The molecular weight excluding hydrogens is 244 g/mol. The molecule has 1 heterocycles. The van der Waals surface area contributed by atoms with Crippen molar-refractivity contribution < 1.29 is 14.3 Å². The highest BCUT2D eigenvalue weighted by Gasteiger charge is 2.18. The highest BCUT2D eigenvalue weighted by molar-refractivity contribution is 5.92. The van der Waals surface area contributed by atoms with E-state index in [2.05, 4.69) is 10.3 Å². The molecule has 0 bridgehead atoms. The minimum atomic E-state index is -0.356. The van der Waals surface area contributed by atoms with Gasteiger partial charge in [-0.25, -0.2) is 4.98 Å². The molecule has 2 rings (SSSR count). The summed E-state index contributed by atoms with van der Waals surface area (Å²) in [5, 5.41) is 12.1. The second-order valence-corrected chi connectivity index (χ2v) is 4.31. The van der Waals surface area contributed by atoms with Crippen LogP contribution in [-0.2, 0) is 6.42 Å². The zero-order valence-corrected chi connectivity index (χ0v) is 10.7. The van der Waals surface area contributed by atoms with Gasteiger partial charge in [0, 0.05) is 0 Å². The van der Waals surface area contributed by atoms with Gasteiger partial charge in [-0.1, -0.05) is 30.3 Å². The van der Waals surface area contributed by atoms with Crippen LogP contribution in [0.3, 0.4) is 0 Å². The average molecular weight is 260 g/mol. The lowest BCUT2D eigenvalue weighted by atomic mass is 10.1. The number of carbonyl (C=O) groups excluding carboxylic acids is 1. The van der Waals surface area contributed by atoms with Gasteiger partial charge in [0.05, 0.1) is 18.3 Å². The molecule has 0 saturated heterocycles. The number of benzene rings is 1. The number of aliphatic hydroxyl groups excluding tert-OH is 1. The van der Waals surface area contributed by atoms with Crippen LogP contribution in [0.25, 0.3) is 0 Å². The summed E-state index contributed by atoms with van der Waals surface area (Å²) in [6.45, 7) is 1.57. The number of aromatic nitrogens is 1. The number of hydrogen-bond acceptors (Lipinski definition) is 4. The second kappa shape index (κ2) is 6.15. The van der Waals surface area contributed by atoms with Crippen LogP contribution in [0.4, 0.5) is 0 Å². The third-order valence-electron chi connectivity index (χ3n) is 2.83. The minimum Gasteiger partial charge on any atom is -0.438 e. The van der Waals surface area contributed by atoms with Crippen molar-refractivity contribution in [1.29, 1.82) is 0 Å². The first-order chi connectivity index (χ1) is 9.20. The van der Waals surface area contributed by atoms with Crippen LogP contribution in [0.2, 0.25) is 0 Å². The maximum absolute atomic E-state index is 11.9. The molecule has 2 N–H and O–H groups in total. The van der Waals surface area contributed by atoms with E-state index in [1.807, 2.05) is 30.3 Å². The van der Waals surface area contributed by atoms with Crippen molar-refractivity contribution in [3.63, 3.8) is 0 Å². The summed E-state index contributed by atoms with van der Waals surface area (Å²) in [7, 11) is 0. The monoisotopic (exact) mass is 260 g/mol. The van der Waals surface area contributed by atoms with Gasteiger partial charge < -0.3 is 14.8 Å². The van der Waals surface area contributed by atoms with Gasteiger partial charge in [0.15, 0.2) is 6.39 Å². The van der Waals surface area contributed by atoms with Crippen LogP contribution in [0.15, 0.2) is 41.1 Å². The molecule has 0 radical (unpaired) electrons. The average Bonchev–Trinajstić information content (AvgIpc) is 2.85. The zero-order chi connectivity index (χ0) is 13.7. The molecule has 1 atom stereocenters. The lowest BCUT2D eigenvalue weighted by Crippen LogP contribution is -2.39. The summed E-state index contributed by atoms with van der Waals surface area (Å²) in [6.07, 6.45) is 1.80. The van der Waals surface area contributed by atoms with Crippen LogP contribution in [0, 0.1) is 6.92 Å². The molecule has 1 aromatic heterocycles. The molecule has 5 heteroatoms. The molecule has 2 aromatic rings. The summed E-state index contributed by atoms with van der Waals surface area (Å²) < 4.78 is 5.02. The quantitative estimate of drug-likeness (QED) is 0.850. The van der Waals surface area contributed by atoms with Crippen LogP contribution < -0.4 is 5.32 Å². The first kappa shape index (κ1) is 13.3. The normalized spacial score (nSPS) is 12.1. The Morgan fingerprint density at radius 2 is 2.16 bits per heavy atom. The number of rotatable bonds is 5. The van der Waals surface area contributed by atoms with Gasteiger partial charge in [0.25, 0.3) is 5.91 Å². The van der Waals surface area contributed by atoms with Crippen LogP contribution >= 0.6 is 0 Å². The number of oxazole rings is 1. The first-order valence-electron chi connectivity index (χ1n) is 6.06. The van der Waals surface area contributed by atoms with Crippen molar-refractivity contribution in [3.8, 4) is 0 Å². The highest BCUT2D eigenvalue weighted by Crippen LogP contribution is 2.07. The van der Waals surface area contributed by atoms with Crippen molar-refractivity contribution in [2.45, 2.75) is 19.4 Å². The first-order valence-corrected chi connectivity index (χ1v) is 6.06. The van der Waals surface area contributed by atoms with E-state index >= 15 is 0 Å². The van der Waals surface area contributed by atoms with Crippen LogP contribution in [-0.4, -0.2) is 28.6 Å². The zero-order valence-electron chi connectivity index (χ0n) is 10.7. The Morgan fingerprint density at radius 3 is 2.74 bits per heavy atom. The van der Waals surface area contributed by atoms with E-state index in [4.69, 9.17) is 4.42 Å². The van der Waals surface area contributed by atoms with Gasteiger partial charge in [-0.05, 0) is 18.9 Å². The van der Waals surface area contributed by atoms with E-state index in [0.717, 1.165) is 5.56 Å². The Bertz CT molecular complexity index is 537. The summed E-state index contributed by atoms with van der Waals surface area (Å²) in [6, 6.07) is 9.33. The number of nitrogens with zero attached hydrogens (tertiary/aromatic N) is 1. The molecular formula is C14H16N2O3. The van der Waals surface area contributed by atoms with Crippen LogP contribution in [0.1, 0.15) is 21.8 Å². The van der Waals surface area contributed by atoms with Crippen molar-refractivity contribution in [1.82, 2.24) is 10.3 Å². The van der Waals surface area contributed by atoms with E-state index in [1.165, 1.54) is 6.39 Å². The Morgan fingerprint density at radius 1 is 1.42 bits per heavy atom. The molecule has 0 unspecified atom stereocenters. The number of nitrogens with one attached hydrogen (secondary N) is 1. The number of carbonyl (C=O) groups is 1. The molecule has 0 aliphatic rings. The fraction of sp³-hybridized carbons (Fsp3) is 0.286. The standard InChI is InChI=1S/C14H16N2O3/c1-10-13(19-9-15-10)14(18)16-12(8-17)7-11-5-3-2-4-6-11/h2-6,9,12,17H,7-8H2,1H3,(H,16,18)/t12-/m1/s1. The molecule has 1 amide bonds. The number of hydrogen-bond donors (Lipinski definition) is 2. The highest BCUT2D eigenvalue weighted by atomic mass is 16.3. The van der Waals surface area contributed by atoms with Gasteiger partial charge in [0.1, 0.15) is 0 Å². The van der Waals surface area contributed by atoms with Crippen molar-refractivity contribution in [2.24, 2.45) is 0 Å². The Kier molecular flexibility index (Phi) is 4.30. The summed E-state index contributed by atoms with van der Waals surface area (Å²) in [5.74, 6) is -0.170. The van der Waals surface area contributed by atoms with Gasteiger partial charge in [0.2, 0.25) is 5.76 Å². The lowest BCUT2D eigenvalue weighted by Gasteiger charge is -2.15. The molecule has 1 aromatic carbocycles. The third kappa shape index (κ3) is 3.42. The molecule has 100 valence electrons. The van der Waals surface area contributed by atoms with Crippen molar-refractivity contribution in [2.75, 3.05) is 6.61 Å². The Labute approximate surface area is 111 Å². The third-order valence-corrected chi connectivity index (χ3v) is 2.83. The van der Waals surface area contributed by atoms with E-state index in [0.29, 0.717) is 12.1 Å². The maximum atomic E-state index is 11.9. The van der Waals surface area contributed by atoms with Gasteiger partial charge >= 0.3 is 0 Å². The molecule has 0 aliphatic carbocycles. The molecule has 5 nitrogen and oxygen atoms in total. The predicted molar refractivity (Wildman–Crippen MR) is 69.7 cm³/mol. The molecule has 0 fully saturated rings. The number of amides is 1. The minimum absolute atomic E-state index is 0.131. The summed E-state index contributed by atoms with van der Waals surface area (Å²) in [4.78, 5) is 15.8. The number of aryl methyl sites for hydroxylation is 1. The fourth-order valence-electron chi connectivity index (χ4n) is 1.83. The molecule has 0 spiro atoms. The van der Waals surface area contributed by atoms with Crippen molar-refractivity contribution >= 4 is 5.91 Å². The van der Waals surface area contributed by atoms with E-state index in [-0.39, 0.29) is 24.3 Å². The van der Waals surface area contributed by atoms with E-state index < -0.39 is 0 Å². The second-order valence-electron chi connectivity index (χ2n) is 4.31. The van der Waals surface area contributed by atoms with Gasteiger partial charge in [-0.3, -0.25) is 4.79 Å². The maximum Gasteiger partial charge on any atom is 0.289 e. The summed E-state index contributed by atoms with van der Waals surface area (Å²) >= 11 is 0. The molecule has 0 aliphatic heterocycles. The van der Waals surface area contributed by atoms with E-state index in [9.17, 15) is 9.90 Å². The Balaban J connectivity index is 2.00. The molecule has 0 saturated carbocycles. The summed E-state index contributed by atoms with van der Waals surface area (Å²) in [5.41, 5.74) is 1.59. The van der Waals surface area contributed by atoms with E-state index in [1.54, 1.807) is 6.92 Å². The van der Waals surface area contributed by atoms with Crippen LogP contribution in [0.5, 0.6) is 0 Å². The largest absolute Gasteiger partial charge is 0.438 e. The fourth-order valence-corrected chi connectivity index (χ4v) is 1.83. The SMILES string of the molecule is Cc1ncoc1C(=O)N[C@@H](CO)Cc1ccccc1. The number of aliphatic hydroxyl groups is 1. The van der Waals surface area contributed by atoms with Crippen molar-refractivity contribution in [3.05, 3.63) is 53.7 Å².